The fraction of sp³-hybridized carbons (Fsp3) is 1.00. The summed E-state index contributed by atoms with van der Waals surface area (Å²) in [7, 11) is 0. The third kappa shape index (κ3) is 3.55. The monoisotopic (exact) mass is 188 g/mol. The maximum atomic E-state index is 3.27. The van der Waals surface area contributed by atoms with Crippen molar-refractivity contribution in [1.82, 2.24) is 32.2 Å². The molecule has 1 fully saturated rings. The molecule has 1 aliphatic rings. The molecular weight excluding hydrogens is 168 g/mol. The molecule has 0 saturated carbocycles. The highest BCUT2D eigenvalue weighted by atomic mass is 16.1. The Labute approximate surface area is 79.5 Å². The Hall–Kier alpha value is -0.240. The van der Waals surface area contributed by atoms with Gasteiger partial charge in [0, 0.05) is 12.1 Å². The summed E-state index contributed by atoms with van der Waals surface area (Å²) in [5.74, 6) is 0. The molecule has 1 rings (SSSR count). The van der Waals surface area contributed by atoms with Crippen LogP contribution in [0.3, 0.4) is 0 Å². The smallest absolute Gasteiger partial charge is 0.0952 e. The molecule has 1 aliphatic heterocycles. The van der Waals surface area contributed by atoms with Crippen molar-refractivity contribution in [3.8, 4) is 0 Å². The van der Waals surface area contributed by atoms with Crippen LogP contribution in [0.1, 0.15) is 27.7 Å². The summed E-state index contributed by atoms with van der Waals surface area (Å²) in [4.78, 5) is 0. The summed E-state index contributed by atoms with van der Waals surface area (Å²) in [5, 5.41) is 3.76. The zero-order chi connectivity index (χ0) is 9.84. The third-order valence-electron chi connectivity index (χ3n) is 1.44. The van der Waals surface area contributed by atoms with E-state index in [1.807, 2.05) is 10.3 Å². The van der Waals surface area contributed by atoms with Crippen molar-refractivity contribution in [2.45, 2.75) is 39.8 Å². The van der Waals surface area contributed by atoms with E-state index in [9.17, 15) is 0 Å². The Kier molecular flexibility index (Phi) is 4.04. The molecule has 0 aliphatic carbocycles. The third-order valence-corrected chi connectivity index (χ3v) is 1.44. The first-order valence-corrected chi connectivity index (χ1v) is 4.68. The van der Waals surface area contributed by atoms with Gasteiger partial charge < -0.3 is 0 Å². The van der Waals surface area contributed by atoms with Crippen molar-refractivity contribution in [3.05, 3.63) is 0 Å². The first kappa shape index (κ1) is 10.8. The number of hydrogen-bond acceptors (Lipinski definition) is 6. The van der Waals surface area contributed by atoms with Gasteiger partial charge in [0.2, 0.25) is 0 Å². The zero-order valence-corrected chi connectivity index (χ0v) is 8.76. The number of hydrazine groups is 5. The van der Waals surface area contributed by atoms with E-state index in [0.29, 0.717) is 12.1 Å². The lowest BCUT2D eigenvalue weighted by molar-refractivity contribution is -0.112. The van der Waals surface area contributed by atoms with E-state index in [-0.39, 0.29) is 0 Å². The number of nitrogens with one attached hydrogen (secondary N) is 4. The van der Waals surface area contributed by atoms with Gasteiger partial charge in [-0.25, -0.2) is 16.3 Å². The predicted octanol–water partition coefficient (Wildman–Crippen LogP) is -0.688. The summed E-state index contributed by atoms with van der Waals surface area (Å²) < 4.78 is 0. The Morgan fingerprint density at radius 1 is 1.08 bits per heavy atom. The van der Waals surface area contributed by atoms with E-state index >= 15 is 0 Å². The molecule has 4 N–H and O–H groups in total. The first-order valence-electron chi connectivity index (χ1n) is 4.68. The number of hydrogen-bond donors (Lipinski definition) is 4. The van der Waals surface area contributed by atoms with Gasteiger partial charge in [-0.2, -0.15) is 5.53 Å². The minimum absolute atomic E-state index is 0.392. The Morgan fingerprint density at radius 3 is 2.23 bits per heavy atom. The highest BCUT2D eigenvalue weighted by molar-refractivity contribution is 4.55. The van der Waals surface area contributed by atoms with Gasteiger partial charge in [-0.3, -0.25) is 0 Å². The minimum atomic E-state index is 0.392. The SMILES string of the molecule is CC(C)NN1CNNN1NC(C)C. The Bertz CT molecular complexity index is 132. The maximum absolute atomic E-state index is 3.27. The summed E-state index contributed by atoms with van der Waals surface area (Å²) in [6, 6.07) is 0.807. The van der Waals surface area contributed by atoms with Gasteiger partial charge >= 0.3 is 0 Å². The molecule has 1 saturated heterocycles. The maximum Gasteiger partial charge on any atom is 0.0952 e. The van der Waals surface area contributed by atoms with Gasteiger partial charge in [0.15, 0.2) is 0 Å². The van der Waals surface area contributed by atoms with Gasteiger partial charge in [0.25, 0.3) is 0 Å². The van der Waals surface area contributed by atoms with E-state index in [1.54, 1.807) is 0 Å². The van der Waals surface area contributed by atoms with E-state index in [0.717, 1.165) is 6.67 Å². The van der Waals surface area contributed by atoms with Gasteiger partial charge in [-0.1, -0.05) is 5.23 Å². The van der Waals surface area contributed by atoms with Crippen LogP contribution in [-0.4, -0.2) is 29.1 Å². The normalized spacial score (nSPS) is 20.8. The fourth-order valence-corrected chi connectivity index (χ4v) is 1.06. The molecule has 0 amide bonds. The number of rotatable bonds is 4. The Morgan fingerprint density at radius 2 is 1.69 bits per heavy atom. The molecule has 1 heterocycles. The molecule has 0 aromatic heterocycles. The van der Waals surface area contributed by atoms with Crippen molar-refractivity contribution in [2.24, 2.45) is 0 Å². The summed E-state index contributed by atoms with van der Waals surface area (Å²) >= 11 is 0. The molecule has 0 atom stereocenters. The summed E-state index contributed by atoms with van der Waals surface area (Å²) in [5.41, 5.74) is 12.5. The van der Waals surface area contributed by atoms with E-state index in [1.165, 1.54) is 0 Å². The lowest BCUT2D eigenvalue weighted by atomic mass is 10.4. The first-order chi connectivity index (χ1) is 6.09. The van der Waals surface area contributed by atoms with E-state index < -0.39 is 0 Å². The van der Waals surface area contributed by atoms with Crippen LogP contribution in [-0.2, 0) is 0 Å². The topological polar surface area (TPSA) is 54.6 Å². The molecule has 78 valence electrons. The van der Waals surface area contributed by atoms with E-state index in [2.05, 4.69) is 49.5 Å². The van der Waals surface area contributed by atoms with Gasteiger partial charge in [0.05, 0.1) is 6.67 Å². The molecule has 6 heteroatoms. The second-order valence-electron chi connectivity index (χ2n) is 3.73. The highest BCUT2D eigenvalue weighted by Crippen LogP contribution is 1.93. The van der Waals surface area contributed by atoms with Crippen LogP contribution in [0.2, 0.25) is 0 Å². The van der Waals surface area contributed by atoms with Crippen LogP contribution in [0.5, 0.6) is 0 Å². The van der Waals surface area contributed by atoms with Crippen LogP contribution in [0, 0.1) is 0 Å². The molecule has 0 spiro atoms. The quantitative estimate of drug-likeness (QED) is 0.469. The Balaban J connectivity index is 2.35. The second kappa shape index (κ2) is 4.85. The van der Waals surface area contributed by atoms with Crippen LogP contribution >= 0.6 is 0 Å². The molecule has 0 radical (unpaired) electrons. The van der Waals surface area contributed by atoms with Crippen molar-refractivity contribution >= 4 is 0 Å². The minimum Gasteiger partial charge on any atom is -0.235 e. The molecule has 6 nitrogen and oxygen atoms in total. The van der Waals surface area contributed by atoms with Crippen molar-refractivity contribution in [2.75, 3.05) is 6.67 Å². The predicted molar refractivity (Wildman–Crippen MR) is 51.4 cm³/mol. The van der Waals surface area contributed by atoms with Crippen LogP contribution in [0.25, 0.3) is 0 Å². The lowest BCUT2D eigenvalue weighted by Gasteiger charge is -2.29. The molecule has 13 heavy (non-hydrogen) atoms. The van der Waals surface area contributed by atoms with E-state index in [4.69, 9.17) is 0 Å². The standard InChI is InChI=1S/C7H20N6/c1-6(2)9-12-5-8-11-13(12)10-7(3)4/h6-11H,5H2,1-4H3. The second-order valence-corrected chi connectivity index (χ2v) is 3.73. The zero-order valence-electron chi connectivity index (χ0n) is 8.76. The lowest BCUT2D eigenvalue weighted by Crippen LogP contribution is -2.59. The molecule has 0 bridgehead atoms. The summed E-state index contributed by atoms with van der Waals surface area (Å²) in [6.45, 7) is 9.12. The van der Waals surface area contributed by atoms with Gasteiger partial charge in [0.1, 0.15) is 0 Å². The molecule has 0 unspecified atom stereocenters. The van der Waals surface area contributed by atoms with Crippen LogP contribution in [0.4, 0.5) is 0 Å². The highest BCUT2D eigenvalue weighted by Gasteiger charge is 2.21. The largest absolute Gasteiger partial charge is 0.235 e. The average Bonchev–Trinajstić information content (AvgIpc) is 2.34. The number of nitrogens with zero attached hydrogens (tertiary/aromatic N) is 2. The molecular formula is C7H20N6. The van der Waals surface area contributed by atoms with Crippen molar-refractivity contribution in [3.63, 3.8) is 0 Å². The molecule has 0 aromatic rings. The molecule has 0 aromatic carbocycles. The van der Waals surface area contributed by atoms with Gasteiger partial charge in [-0.15, -0.1) is 5.12 Å². The van der Waals surface area contributed by atoms with Crippen molar-refractivity contribution in [1.29, 1.82) is 0 Å². The van der Waals surface area contributed by atoms with Crippen molar-refractivity contribution < 1.29 is 0 Å². The average molecular weight is 188 g/mol. The van der Waals surface area contributed by atoms with Crippen LogP contribution < -0.4 is 21.8 Å². The van der Waals surface area contributed by atoms with Crippen LogP contribution in [0.15, 0.2) is 0 Å². The fourth-order valence-electron chi connectivity index (χ4n) is 1.06. The van der Waals surface area contributed by atoms with Gasteiger partial charge in [-0.05, 0) is 27.7 Å². The summed E-state index contributed by atoms with van der Waals surface area (Å²) in [6.07, 6.45) is 0.